The number of carbonyl (C=O) groups is 1. The lowest BCUT2D eigenvalue weighted by atomic mass is 10.0. The van der Waals surface area contributed by atoms with Crippen LogP contribution in [0.25, 0.3) is 0 Å². The predicted octanol–water partition coefficient (Wildman–Crippen LogP) is 2.22. The van der Waals surface area contributed by atoms with E-state index >= 15 is 0 Å². The quantitative estimate of drug-likeness (QED) is 0.763. The summed E-state index contributed by atoms with van der Waals surface area (Å²) in [5.74, 6) is -2.85. The number of hydrogen-bond acceptors (Lipinski definition) is 4. The van der Waals surface area contributed by atoms with Crippen molar-refractivity contribution in [2.24, 2.45) is 5.92 Å². The number of rotatable bonds is 7. The third kappa shape index (κ3) is 5.08. The minimum atomic E-state index is -3.69. The number of hydrogen-bond donors (Lipinski definition) is 1. The summed E-state index contributed by atoms with van der Waals surface area (Å²) in [6.07, 6.45) is 0.172. The number of piperazine rings is 1. The molecule has 0 radical (unpaired) electrons. The highest BCUT2D eigenvalue weighted by Crippen LogP contribution is 2.20. The van der Waals surface area contributed by atoms with Gasteiger partial charge in [-0.1, -0.05) is 30.3 Å². The van der Waals surface area contributed by atoms with Crippen LogP contribution in [0.3, 0.4) is 0 Å². The number of carboxylic acids is 1. The van der Waals surface area contributed by atoms with Gasteiger partial charge in [-0.15, -0.1) is 0 Å². The zero-order chi connectivity index (χ0) is 20.1. The highest BCUT2D eigenvalue weighted by atomic mass is 32.2. The van der Waals surface area contributed by atoms with Crippen LogP contribution in [-0.4, -0.2) is 55.7 Å². The summed E-state index contributed by atoms with van der Waals surface area (Å²) in [6.45, 7) is 1.50. The summed E-state index contributed by atoms with van der Waals surface area (Å²) in [7, 11) is -3.69. The second kappa shape index (κ2) is 8.70. The molecule has 2 aromatic rings. The molecule has 1 aliphatic rings. The van der Waals surface area contributed by atoms with E-state index in [0.717, 1.165) is 11.3 Å². The topological polar surface area (TPSA) is 77.9 Å². The maximum absolute atomic E-state index is 13.1. The van der Waals surface area contributed by atoms with Crippen molar-refractivity contribution >= 4 is 21.7 Å². The van der Waals surface area contributed by atoms with Gasteiger partial charge in [-0.2, -0.15) is 4.31 Å². The molecule has 3 rings (SSSR count). The fraction of sp³-hybridized carbons (Fsp3) is 0.350. The first-order valence-electron chi connectivity index (χ1n) is 9.10. The maximum atomic E-state index is 13.1. The number of benzene rings is 2. The largest absolute Gasteiger partial charge is 0.481 e. The lowest BCUT2D eigenvalue weighted by Gasteiger charge is -2.35. The highest BCUT2D eigenvalue weighted by Gasteiger charge is 2.32. The Balaban J connectivity index is 1.62. The van der Waals surface area contributed by atoms with Crippen LogP contribution in [0.4, 0.5) is 10.1 Å². The molecule has 1 atom stereocenters. The molecule has 0 amide bonds. The molecule has 150 valence electrons. The Morgan fingerprint density at radius 1 is 1.00 bits per heavy atom. The normalized spacial score (nSPS) is 16.7. The summed E-state index contributed by atoms with van der Waals surface area (Å²) in [4.78, 5) is 13.6. The van der Waals surface area contributed by atoms with E-state index in [-0.39, 0.29) is 25.3 Å². The van der Waals surface area contributed by atoms with Crippen molar-refractivity contribution in [3.8, 4) is 0 Å². The predicted molar refractivity (Wildman–Crippen MR) is 105 cm³/mol. The number of nitrogens with zero attached hydrogens (tertiary/aromatic N) is 2. The summed E-state index contributed by atoms with van der Waals surface area (Å²) >= 11 is 0. The lowest BCUT2D eigenvalue weighted by molar-refractivity contribution is -0.140. The molecule has 0 saturated carbocycles. The average molecular weight is 406 g/mol. The van der Waals surface area contributed by atoms with Crippen LogP contribution in [0.5, 0.6) is 0 Å². The Hall–Kier alpha value is -2.45. The third-order valence-electron chi connectivity index (χ3n) is 4.91. The Morgan fingerprint density at radius 3 is 2.18 bits per heavy atom. The first-order valence-corrected chi connectivity index (χ1v) is 10.7. The fourth-order valence-corrected chi connectivity index (χ4v) is 5.05. The van der Waals surface area contributed by atoms with Crippen LogP contribution in [0.2, 0.25) is 0 Å². The second-order valence-corrected chi connectivity index (χ2v) is 8.88. The van der Waals surface area contributed by atoms with Gasteiger partial charge in [-0.05, 0) is 36.2 Å². The molecule has 6 nitrogen and oxygen atoms in total. The molecule has 2 aromatic carbocycles. The van der Waals surface area contributed by atoms with Crippen molar-refractivity contribution < 1.29 is 22.7 Å². The standard InChI is InChI=1S/C20H23FN2O4S/c21-18-6-8-19(9-7-18)22-10-12-23(13-11-22)28(26,27)15-17(20(24)25)14-16-4-2-1-3-5-16/h1-9,17H,10-15H2,(H,24,25). The average Bonchev–Trinajstić information content (AvgIpc) is 2.69. The summed E-state index contributed by atoms with van der Waals surface area (Å²) in [6, 6.07) is 15.1. The lowest BCUT2D eigenvalue weighted by Crippen LogP contribution is -2.50. The summed E-state index contributed by atoms with van der Waals surface area (Å²) in [5, 5.41) is 9.49. The number of anilines is 1. The monoisotopic (exact) mass is 406 g/mol. The van der Waals surface area contributed by atoms with Gasteiger partial charge < -0.3 is 10.0 Å². The van der Waals surface area contributed by atoms with E-state index in [0.29, 0.717) is 13.1 Å². The van der Waals surface area contributed by atoms with Crippen LogP contribution < -0.4 is 4.90 Å². The number of aliphatic carboxylic acids is 1. The first kappa shape index (κ1) is 20.3. The van der Waals surface area contributed by atoms with Crippen LogP contribution in [0.1, 0.15) is 5.56 Å². The van der Waals surface area contributed by atoms with Crippen molar-refractivity contribution in [3.63, 3.8) is 0 Å². The van der Waals surface area contributed by atoms with E-state index in [1.807, 2.05) is 11.0 Å². The Bertz CT molecular complexity index is 896. The van der Waals surface area contributed by atoms with Gasteiger partial charge in [0.15, 0.2) is 0 Å². The molecule has 1 fully saturated rings. The van der Waals surface area contributed by atoms with Gasteiger partial charge in [-0.25, -0.2) is 12.8 Å². The Labute approximate surface area is 164 Å². The second-order valence-electron chi connectivity index (χ2n) is 6.87. The fourth-order valence-electron chi connectivity index (χ4n) is 3.35. The van der Waals surface area contributed by atoms with Gasteiger partial charge in [-0.3, -0.25) is 4.79 Å². The highest BCUT2D eigenvalue weighted by molar-refractivity contribution is 7.89. The molecule has 28 heavy (non-hydrogen) atoms. The van der Waals surface area contributed by atoms with Crippen molar-refractivity contribution in [1.82, 2.24) is 4.31 Å². The van der Waals surface area contributed by atoms with Gasteiger partial charge >= 0.3 is 5.97 Å². The van der Waals surface area contributed by atoms with Gasteiger partial charge in [0, 0.05) is 31.9 Å². The van der Waals surface area contributed by atoms with Crippen molar-refractivity contribution in [2.75, 3.05) is 36.8 Å². The molecule has 0 aliphatic carbocycles. The Morgan fingerprint density at radius 2 is 1.61 bits per heavy atom. The Kier molecular flexibility index (Phi) is 6.31. The van der Waals surface area contributed by atoms with Crippen molar-refractivity contribution in [1.29, 1.82) is 0 Å². The molecule has 1 heterocycles. The van der Waals surface area contributed by atoms with Crippen LogP contribution in [0.15, 0.2) is 54.6 Å². The zero-order valence-corrected chi connectivity index (χ0v) is 16.2. The van der Waals surface area contributed by atoms with Gasteiger partial charge in [0.25, 0.3) is 0 Å². The summed E-state index contributed by atoms with van der Waals surface area (Å²) < 4.78 is 40.0. The van der Waals surface area contributed by atoms with Crippen molar-refractivity contribution in [3.05, 3.63) is 66.0 Å². The van der Waals surface area contributed by atoms with E-state index in [4.69, 9.17) is 0 Å². The minimum absolute atomic E-state index is 0.172. The third-order valence-corrected chi connectivity index (χ3v) is 6.89. The SMILES string of the molecule is O=C(O)C(Cc1ccccc1)CS(=O)(=O)N1CCN(c2ccc(F)cc2)CC1. The molecule has 0 aromatic heterocycles. The van der Waals surface area contributed by atoms with Crippen LogP contribution in [0, 0.1) is 11.7 Å². The zero-order valence-electron chi connectivity index (χ0n) is 15.4. The molecular formula is C20H23FN2O4S. The molecule has 1 saturated heterocycles. The minimum Gasteiger partial charge on any atom is -0.481 e. The van der Waals surface area contributed by atoms with Gasteiger partial charge in [0.1, 0.15) is 5.82 Å². The van der Waals surface area contributed by atoms with E-state index in [2.05, 4.69) is 0 Å². The van der Waals surface area contributed by atoms with Gasteiger partial charge in [0.2, 0.25) is 10.0 Å². The van der Waals surface area contributed by atoms with Crippen molar-refractivity contribution in [2.45, 2.75) is 6.42 Å². The number of halogens is 1. The van der Waals surface area contributed by atoms with E-state index in [1.165, 1.54) is 16.4 Å². The molecule has 0 spiro atoms. The van der Waals surface area contributed by atoms with E-state index in [1.54, 1.807) is 36.4 Å². The first-order chi connectivity index (χ1) is 13.3. The number of carboxylic acid groups (broad SMARTS) is 1. The molecule has 1 aliphatic heterocycles. The molecule has 0 bridgehead atoms. The molecule has 1 unspecified atom stereocenters. The molecule has 8 heteroatoms. The maximum Gasteiger partial charge on any atom is 0.307 e. The van der Waals surface area contributed by atoms with Crippen LogP contribution >= 0.6 is 0 Å². The molecule has 1 N–H and O–H groups in total. The summed E-state index contributed by atoms with van der Waals surface area (Å²) in [5.41, 5.74) is 1.64. The van der Waals surface area contributed by atoms with Crippen LogP contribution in [-0.2, 0) is 21.2 Å². The van der Waals surface area contributed by atoms with E-state index < -0.39 is 27.7 Å². The van der Waals surface area contributed by atoms with Gasteiger partial charge in [0.05, 0.1) is 11.7 Å². The smallest absolute Gasteiger partial charge is 0.307 e. The molecular weight excluding hydrogens is 383 g/mol. The number of sulfonamides is 1. The van der Waals surface area contributed by atoms with E-state index in [9.17, 15) is 22.7 Å².